The molecule has 1 aromatic carbocycles. The first-order valence-electron chi connectivity index (χ1n) is 8.11. The van der Waals surface area contributed by atoms with Crippen LogP contribution in [-0.4, -0.2) is 24.9 Å². The summed E-state index contributed by atoms with van der Waals surface area (Å²) in [5.41, 5.74) is 6.67. The number of benzene rings is 1. The van der Waals surface area contributed by atoms with Crippen molar-refractivity contribution in [2.75, 3.05) is 18.0 Å². The van der Waals surface area contributed by atoms with E-state index >= 15 is 0 Å². The average molecular weight is 303 g/mol. The lowest BCUT2D eigenvalue weighted by atomic mass is 10.1. The number of carbonyl (C=O) groups excluding carboxylic acids is 2. The van der Waals surface area contributed by atoms with Gasteiger partial charge in [-0.25, -0.2) is 0 Å². The van der Waals surface area contributed by atoms with E-state index in [0.29, 0.717) is 5.56 Å². The fraction of sp³-hybridized carbons (Fsp3) is 0.529. The molecular formula is C17H25N3O2. The summed E-state index contributed by atoms with van der Waals surface area (Å²) >= 11 is 0. The van der Waals surface area contributed by atoms with Gasteiger partial charge >= 0.3 is 0 Å². The summed E-state index contributed by atoms with van der Waals surface area (Å²) in [7, 11) is 0. The zero-order chi connectivity index (χ0) is 15.9. The van der Waals surface area contributed by atoms with Gasteiger partial charge in [0, 0.05) is 30.3 Å². The van der Waals surface area contributed by atoms with Gasteiger partial charge in [0.1, 0.15) is 0 Å². The molecule has 0 unspecified atom stereocenters. The third-order valence-corrected chi connectivity index (χ3v) is 4.28. The topological polar surface area (TPSA) is 61.4 Å². The zero-order valence-electron chi connectivity index (χ0n) is 13.4. The van der Waals surface area contributed by atoms with Crippen molar-refractivity contribution in [2.24, 2.45) is 5.92 Å². The molecule has 0 atom stereocenters. The van der Waals surface area contributed by atoms with Crippen LogP contribution in [0.1, 0.15) is 49.9 Å². The molecule has 5 heteroatoms. The van der Waals surface area contributed by atoms with Gasteiger partial charge in [-0.15, -0.1) is 0 Å². The lowest BCUT2D eigenvalue weighted by molar-refractivity contribution is -0.125. The number of amides is 2. The third kappa shape index (κ3) is 4.00. The lowest BCUT2D eigenvalue weighted by Gasteiger charge is -2.21. The molecule has 1 aliphatic rings. The molecule has 1 aliphatic carbocycles. The second-order valence-electron chi connectivity index (χ2n) is 5.64. The fourth-order valence-electron chi connectivity index (χ4n) is 2.89. The van der Waals surface area contributed by atoms with Crippen LogP contribution in [0.4, 0.5) is 5.69 Å². The maximum absolute atomic E-state index is 12.0. The Morgan fingerprint density at radius 2 is 1.64 bits per heavy atom. The van der Waals surface area contributed by atoms with Gasteiger partial charge in [-0.3, -0.25) is 20.4 Å². The highest BCUT2D eigenvalue weighted by Crippen LogP contribution is 2.24. The predicted molar refractivity (Wildman–Crippen MR) is 87.6 cm³/mol. The van der Waals surface area contributed by atoms with Gasteiger partial charge in [0.25, 0.3) is 5.91 Å². The van der Waals surface area contributed by atoms with E-state index in [-0.39, 0.29) is 17.7 Å². The maximum Gasteiger partial charge on any atom is 0.269 e. The quantitative estimate of drug-likeness (QED) is 0.822. The number of hydrogen-bond acceptors (Lipinski definition) is 3. The van der Waals surface area contributed by atoms with Crippen LogP contribution >= 0.6 is 0 Å². The van der Waals surface area contributed by atoms with E-state index in [2.05, 4.69) is 29.6 Å². The van der Waals surface area contributed by atoms with Crippen molar-refractivity contribution in [3.8, 4) is 0 Å². The Morgan fingerprint density at radius 3 is 2.18 bits per heavy atom. The van der Waals surface area contributed by atoms with Crippen LogP contribution in [0.15, 0.2) is 24.3 Å². The van der Waals surface area contributed by atoms with Crippen LogP contribution in [0.2, 0.25) is 0 Å². The minimum Gasteiger partial charge on any atom is -0.372 e. The molecular weight excluding hydrogens is 278 g/mol. The Balaban J connectivity index is 1.88. The second-order valence-corrected chi connectivity index (χ2v) is 5.64. The molecule has 0 bridgehead atoms. The highest BCUT2D eigenvalue weighted by molar-refractivity contribution is 5.95. The molecule has 0 heterocycles. The predicted octanol–water partition coefficient (Wildman–Crippen LogP) is 2.48. The highest BCUT2D eigenvalue weighted by atomic mass is 16.2. The van der Waals surface area contributed by atoms with Gasteiger partial charge in [0.15, 0.2) is 0 Å². The fourth-order valence-corrected chi connectivity index (χ4v) is 2.89. The van der Waals surface area contributed by atoms with Crippen molar-refractivity contribution in [3.63, 3.8) is 0 Å². The minimum absolute atomic E-state index is 0.0466. The number of hydrazine groups is 1. The van der Waals surface area contributed by atoms with Crippen molar-refractivity contribution >= 4 is 17.5 Å². The molecule has 0 aliphatic heterocycles. The van der Waals surface area contributed by atoms with Gasteiger partial charge < -0.3 is 4.90 Å². The molecule has 2 N–H and O–H groups in total. The van der Waals surface area contributed by atoms with Gasteiger partial charge in [0.05, 0.1) is 0 Å². The van der Waals surface area contributed by atoms with Crippen molar-refractivity contribution in [3.05, 3.63) is 29.8 Å². The first-order chi connectivity index (χ1) is 10.7. The van der Waals surface area contributed by atoms with E-state index in [1.807, 2.05) is 12.1 Å². The summed E-state index contributed by atoms with van der Waals surface area (Å²) in [4.78, 5) is 26.1. The Kier molecular flexibility index (Phi) is 5.81. The third-order valence-electron chi connectivity index (χ3n) is 4.28. The van der Waals surface area contributed by atoms with E-state index in [4.69, 9.17) is 0 Å². The molecule has 2 rings (SSSR count). The molecule has 0 saturated heterocycles. The number of carbonyl (C=O) groups is 2. The van der Waals surface area contributed by atoms with Crippen molar-refractivity contribution < 1.29 is 9.59 Å². The Labute approximate surface area is 132 Å². The number of nitrogens with zero attached hydrogens (tertiary/aromatic N) is 1. The summed E-state index contributed by atoms with van der Waals surface area (Å²) in [6, 6.07) is 7.43. The van der Waals surface area contributed by atoms with Crippen LogP contribution < -0.4 is 15.8 Å². The Morgan fingerprint density at radius 1 is 1.05 bits per heavy atom. The van der Waals surface area contributed by atoms with Crippen molar-refractivity contribution in [1.29, 1.82) is 0 Å². The van der Waals surface area contributed by atoms with Crippen molar-refractivity contribution in [1.82, 2.24) is 10.9 Å². The molecule has 0 radical (unpaired) electrons. The molecule has 2 amide bonds. The number of nitrogens with one attached hydrogen (secondary N) is 2. The number of anilines is 1. The number of hydrogen-bond donors (Lipinski definition) is 2. The largest absolute Gasteiger partial charge is 0.372 e. The molecule has 0 aromatic heterocycles. The molecule has 1 aromatic rings. The van der Waals surface area contributed by atoms with Crippen LogP contribution in [0.3, 0.4) is 0 Å². The van der Waals surface area contributed by atoms with Gasteiger partial charge in [-0.1, -0.05) is 12.8 Å². The minimum atomic E-state index is -0.280. The normalized spacial score (nSPS) is 14.6. The smallest absolute Gasteiger partial charge is 0.269 e. The summed E-state index contributed by atoms with van der Waals surface area (Å²) in [6.45, 7) is 6.06. The van der Waals surface area contributed by atoms with Gasteiger partial charge in [-0.2, -0.15) is 0 Å². The summed E-state index contributed by atoms with van der Waals surface area (Å²) in [5, 5.41) is 0. The molecule has 120 valence electrons. The van der Waals surface area contributed by atoms with Crippen LogP contribution in [0.5, 0.6) is 0 Å². The van der Waals surface area contributed by atoms with Crippen molar-refractivity contribution in [2.45, 2.75) is 39.5 Å². The molecule has 22 heavy (non-hydrogen) atoms. The maximum atomic E-state index is 12.0. The van der Waals surface area contributed by atoms with Gasteiger partial charge in [-0.05, 0) is 51.0 Å². The van der Waals surface area contributed by atoms with E-state index in [9.17, 15) is 9.59 Å². The second kappa shape index (κ2) is 7.82. The average Bonchev–Trinajstić information content (AvgIpc) is 3.08. The number of rotatable bonds is 5. The molecule has 0 spiro atoms. The van der Waals surface area contributed by atoms with E-state index < -0.39 is 0 Å². The van der Waals surface area contributed by atoms with Gasteiger partial charge in [0.2, 0.25) is 5.91 Å². The molecule has 1 saturated carbocycles. The van der Waals surface area contributed by atoms with Crippen LogP contribution in [0, 0.1) is 5.92 Å². The highest BCUT2D eigenvalue weighted by Gasteiger charge is 2.22. The monoisotopic (exact) mass is 303 g/mol. The Hall–Kier alpha value is -2.04. The molecule has 1 fully saturated rings. The van der Waals surface area contributed by atoms with E-state index in [0.717, 1.165) is 44.5 Å². The Bertz CT molecular complexity index is 503. The van der Waals surface area contributed by atoms with E-state index in [1.54, 1.807) is 12.1 Å². The first kappa shape index (κ1) is 16.3. The summed E-state index contributed by atoms with van der Waals surface area (Å²) in [5.74, 6) is -0.312. The summed E-state index contributed by atoms with van der Waals surface area (Å²) in [6.07, 6.45) is 4.03. The molecule has 5 nitrogen and oxygen atoms in total. The standard InChI is InChI=1S/C17H25N3O2/c1-3-20(4-2)15-11-9-14(10-12-15)17(22)19-18-16(21)13-7-5-6-8-13/h9-13H,3-8H2,1-2H3,(H,18,21)(H,19,22). The first-order valence-corrected chi connectivity index (χ1v) is 8.11. The van der Waals surface area contributed by atoms with E-state index in [1.165, 1.54) is 0 Å². The summed E-state index contributed by atoms with van der Waals surface area (Å²) < 4.78 is 0. The SMILES string of the molecule is CCN(CC)c1ccc(C(=O)NNC(=O)C2CCCC2)cc1. The van der Waals surface area contributed by atoms with Crippen LogP contribution in [-0.2, 0) is 4.79 Å². The zero-order valence-corrected chi connectivity index (χ0v) is 13.4. The van der Waals surface area contributed by atoms with Crippen LogP contribution in [0.25, 0.3) is 0 Å². The lowest BCUT2D eigenvalue weighted by Crippen LogP contribution is -2.44.